The average Bonchev–Trinajstić information content (AvgIpc) is 2.88. The number of carbonyl (C=O) groups is 1. The first-order chi connectivity index (χ1) is 10.2. The molecular formula is C15H14N4O2. The minimum absolute atomic E-state index is 0.0802. The number of hydrogen-bond acceptors (Lipinski definition) is 5. The molecule has 2 aromatic rings. The van der Waals surface area contributed by atoms with E-state index in [1.54, 1.807) is 0 Å². The standard InChI is InChI=1S/C15H14N4O2/c16-8-11-9-18-19(15(11)17)14(20)7-10-5-6-21-13-4-2-1-3-12(10)13/h1-4,9-10H,5-7,17H2. The Morgan fingerprint density at radius 2 is 2.33 bits per heavy atom. The maximum absolute atomic E-state index is 12.3. The van der Waals surface area contributed by atoms with Gasteiger partial charge in [-0.1, -0.05) is 18.2 Å². The van der Waals surface area contributed by atoms with Crippen molar-refractivity contribution in [3.05, 3.63) is 41.6 Å². The third kappa shape index (κ3) is 2.34. The molecular weight excluding hydrogens is 268 g/mol. The predicted molar refractivity (Wildman–Crippen MR) is 75.9 cm³/mol. The van der Waals surface area contributed by atoms with Crippen LogP contribution in [0.3, 0.4) is 0 Å². The summed E-state index contributed by atoms with van der Waals surface area (Å²) in [7, 11) is 0. The van der Waals surface area contributed by atoms with E-state index in [1.807, 2.05) is 30.3 Å². The topological polar surface area (TPSA) is 93.9 Å². The molecule has 6 heteroatoms. The number of para-hydroxylation sites is 1. The molecule has 2 N–H and O–H groups in total. The van der Waals surface area contributed by atoms with Crippen LogP contribution in [0.1, 0.15) is 34.7 Å². The normalized spacial score (nSPS) is 16.6. The van der Waals surface area contributed by atoms with E-state index in [-0.39, 0.29) is 29.6 Å². The Morgan fingerprint density at radius 1 is 1.52 bits per heavy atom. The van der Waals surface area contributed by atoms with Gasteiger partial charge in [0, 0.05) is 6.42 Å². The third-order valence-corrected chi connectivity index (χ3v) is 3.67. The second kappa shape index (κ2) is 5.29. The quantitative estimate of drug-likeness (QED) is 0.908. The Labute approximate surface area is 121 Å². The first-order valence-corrected chi connectivity index (χ1v) is 6.69. The number of nitrogens with two attached hydrogens (primary N) is 1. The maximum atomic E-state index is 12.3. The first kappa shape index (κ1) is 13.2. The highest BCUT2D eigenvalue weighted by Crippen LogP contribution is 2.35. The number of nitrogen functional groups attached to an aromatic ring is 1. The zero-order valence-corrected chi connectivity index (χ0v) is 11.3. The lowest BCUT2D eigenvalue weighted by atomic mass is 9.90. The van der Waals surface area contributed by atoms with Crippen LogP contribution >= 0.6 is 0 Å². The van der Waals surface area contributed by atoms with Gasteiger partial charge < -0.3 is 10.5 Å². The number of nitriles is 1. The molecule has 0 aliphatic carbocycles. The fourth-order valence-corrected chi connectivity index (χ4v) is 2.57. The van der Waals surface area contributed by atoms with Gasteiger partial charge in [-0.25, -0.2) is 0 Å². The predicted octanol–water partition coefficient (Wildman–Crippen LogP) is 1.93. The highest BCUT2D eigenvalue weighted by molar-refractivity contribution is 5.83. The van der Waals surface area contributed by atoms with Gasteiger partial charge in [-0.3, -0.25) is 4.79 Å². The van der Waals surface area contributed by atoms with Gasteiger partial charge in [0.1, 0.15) is 23.2 Å². The zero-order chi connectivity index (χ0) is 14.8. The number of nitrogens with zero attached hydrogens (tertiary/aromatic N) is 3. The third-order valence-electron chi connectivity index (χ3n) is 3.67. The molecule has 0 bridgehead atoms. The van der Waals surface area contributed by atoms with Crippen LogP contribution in [0.4, 0.5) is 5.82 Å². The SMILES string of the molecule is N#Cc1cnn(C(=O)CC2CCOc3ccccc32)c1N. The first-order valence-electron chi connectivity index (χ1n) is 6.69. The molecule has 1 unspecified atom stereocenters. The van der Waals surface area contributed by atoms with Crippen LogP contribution in [0.5, 0.6) is 5.75 Å². The fourth-order valence-electron chi connectivity index (χ4n) is 2.57. The summed E-state index contributed by atoms with van der Waals surface area (Å²) in [4.78, 5) is 12.3. The van der Waals surface area contributed by atoms with E-state index in [0.29, 0.717) is 6.61 Å². The van der Waals surface area contributed by atoms with Gasteiger partial charge in [0.2, 0.25) is 5.91 Å². The Hall–Kier alpha value is -2.81. The summed E-state index contributed by atoms with van der Waals surface area (Å²) >= 11 is 0. The Morgan fingerprint density at radius 3 is 3.10 bits per heavy atom. The van der Waals surface area contributed by atoms with Crippen molar-refractivity contribution in [1.82, 2.24) is 9.78 Å². The molecule has 1 aliphatic heterocycles. The van der Waals surface area contributed by atoms with Crippen LogP contribution in [-0.4, -0.2) is 22.3 Å². The summed E-state index contributed by atoms with van der Waals surface area (Å²) in [5, 5.41) is 12.8. The van der Waals surface area contributed by atoms with Crippen LogP contribution < -0.4 is 10.5 Å². The van der Waals surface area contributed by atoms with E-state index in [1.165, 1.54) is 6.20 Å². The molecule has 1 aromatic heterocycles. The zero-order valence-electron chi connectivity index (χ0n) is 11.3. The van der Waals surface area contributed by atoms with Gasteiger partial charge >= 0.3 is 0 Å². The Bertz CT molecular complexity index is 730. The molecule has 0 radical (unpaired) electrons. The number of aromatic nitrogens is 2. The van der Waals surface area contributed by atoms with Crippen molar-refractivity contribution in [3.8, 4) is 11.8 Å². The molecule has 3 rings (SSSR count). The van der Waals surface area contributed by atoms with Crippen LogP contribution in [0.2, 0.25) is 0 Å². The lowest BCUT2D eigenvalue weighted by Crippen LogP contribution is -2.21. The Balaban J connectivity index is 1.83. The van der Waals surface area contributed by atoms with Crippen molar-refractivity contribution in [2.45, 2.75) is 18.8 Å². The maximum Gasteiger partial charge on any atom is 0.249 e. The molecule has 1 aromatic carbocycles. The van der Waals surface area contributed by atoms with Crippen molar-refractivity contribution in [3.63, 3.8) is 0 Å². The molecule has 106 valence electrons. The highest BCUT2D eigenvalue weighted by Gasteiger charge is 2.25. The molecule has 0 amide bonds. The molecule has 0 fully saturated rings. The molecule has 6 nitrogen and oxygen atoms in total. The van der Waals surface area contributed by atoms with Crippen molar-refractivity contribution in [2.75, 3.05) is 12.3 Å². The largest absolute Gasteiger partial charge is 0.493 e. The molecule has 0 spiro atoms. The van der Waals surface area contributed by atoms with Gasteiger partial charge in [0.25, 0.3) is 0 Å². The molecule has 0 saturated heterocycles. The molecule has 1 atom stereocenters. The summed E-state index contributed by atoms with van der Waals surface area (Å²) in [6.07, 6.45) is 2.37. The smallest absolute Gasteiger partial charge is 0.249 e. The van der Waals surface area contributed by atoms with Crippen molar-refractivity contribution in [2.24, 2.45) is 0 Å². The highest BCUT2D eigenvalue weighted by atomic mass is 16.5. The number of anilines is 1. The van der Waals surface area contributed by atoms with Crippen molar-refractivity contribution in [1.29, 1.82) is 5.26 Å². The number of benzene rings is 1. The van der Waals surface area contributed by atoms with Crippen LogP contribution in [-0.2, 0) is 0 Å². The molecule has 1 aliphatic rings. The van der Waals surface area contributed by atoms with E-state index in [4.69, 9.17) is 15.7 Å². The molecule has 2 heterocycles. The molecule has 21 heavy (non-hydrogen) atoms. The van der Waals surface area contributed by atoms with E-state index in [2.05, 4.69) is 5.10 Å². The fraction of sp³-hybridized carbons (Fsp3) is 0.267. The van der Waals surface area contributed by atoms with Crippen molar-refractivity contribution >= 4 is 11.7 Å². The van der Waals surface area contributed by atoms with Crippen LogP contribution in [0, 0.1) is 11.3 Å². The number of hydrogen-bond donors (Lipinski definition) is 1. The minimum atomic E-state index is -0.212. The molecule has 0 saturated carbocycles. The monoisotopic (exact) mass is 282 g/mol. The van der Waals surface area contributed by atoms with E-state index < -0.39 is 0 Å². The van der Waals surface area contributed by atoms with Gasteiger partial charge in [-0.05, 0) is 24.0 Å². The van der Waals surface area contributed by atoms with E-state index in [9.17, 15) is 4.79 Å². The van der Waals surface area contributed by atoms with Gasteiger partial charge in [-0.2, -0.15) is 15.0 Å². The summed E-state index contributed by atoms with van der Waals surface area (Å²) < 4.78 is 6.69. The van der Waals surface area contributed by atoms with Crippen molar-refractivity contribution < 1.29 is 9.53 Å². The van der Waals surface area contributed by atoms with E-state index in [0.717, 1.165) is 22.4 Å². The summed E-state index contributed by atoms with van der Waals surface area (Å²) in [6, 6.07) is 9.63. The second-order valence-corrected chi connectivity index (χ2v) is 4.94. The van der Waals surface area contributed by atoms with Gasteiger partial charge in [0.15, 0.2) is 0 Å². The summed E-state index contributed by atoms with van der Waals surface area (Å²) in [5.41, 5.74) is 7.00. The van der Waals surface area contributed by atoms with Crippen LogP contribution in [0.25, 0.3) is 0 Å². The van der Waals surface area contributed by atoms with E-state index >= 15 is 0 Å². The van der Waals surface area contributed by atoms with Crippen LogP contribution in [0.15, 0.2) is 30.5 Å². The number of ether oxygens (including phenoxy) is 1. The summed E-state index contributed by atoms with van der Waals surface area (Å²) in [5.74, 6) is 0.794. The second-order valence-electron chi connectivity index (χ2n) is 4.94. The number of rotatable bonds is 2. The lowest BCUT2D eigenvalue weighted by molar-refractivity contribution is 0.0872. The Kier molecular flexibility index (Phi) is 3.32. The lowest BCUT2D eigenvalue weighted by Gasteiger charge is -2.25. The van der Waals surface area contributed by atoms with Gasteiger partial charge in [-0.15, -0.1) is 0 Å². The average molecular weight is 282 g/mol. The summed E-state index contributed by atoms with van der Waals surface area (Å²) in [6.45, 7) is 0.590. The number of carbonyl (C=O) groups excluding carboxylic acids is 1. The number of fused-ring (bicyclic) bond motifs is 1. The van der Waals surface area contributed by atoms with Gasteiger partial charge in [0.05, 0.1) is 12.8 Å². The minimum Gasteiger partial charge on any atom is -0.493 e.